The molecule has 0 N–H and O–H groups in total. The first-order valence-corrected chi connectivity index (χ1v) is 5.02. The molecule has 0 aromatic heterocycles. The topological polar surface area (TPSA) is 12.5 Å². The molecular weight excluding hydrogens is 150 g/mol. The summed E-state index contributed by atoms with van der Waals surface area (Å²) < 4.78 is 5.39. The zero-order chi connectivity index (χ0) is 8.72. The molecule has 2 aliphatic heterocycles. The van der Waals surface area contributed by atoms with Crippen LogP contribution in [0.5, 0.6) is 0 Å². The average molecular weight is 169 g/mol. The van der Waals surface area contributed by atoms with Crippen LogP contribution in [0.1, 0.15) is 33.1 Å². The molecule has 0 radical (unpaired) electrons. The highest BCUT2D eigenvalue weighted by atomic mass is 16.5. The van der Waals surface area contributed by atoms with E-state index in [1.807, 2.05) is 7.11 Å². The first-order chi connectivity index (χ1) is 5.72. The zero-order valence-electron chi connectivity index (χ0n) is 8.29. The predicted molar refractivity (Wildman–Crippen MR) is 49.2 cm³/mol. The van der Waals surface area contributed by atoms with Crippen molar-refractivity contribution in [1.82, 2.24) is 4.90 Å². The summed E-state index contributed by atoms with van der Waals surface area (Å²) in [5.74, 6) is 0. The maximum Gasteiger partial charge on any atom is 0.0601 e. The van der Waals surface area contributed by atoms with Crippen LogP contribution in [0.3, 0.4) is 0 Å². The van der Waals surface area contributed by atoms with Crippen LogP contribution in [0.4, 0.5) is 0 Å². The first kappa shape index (κ1) is 8.52. The number of fused-ring (bicyclic) bond motifs is 2. The third-order valence-corrected chi connectivity index (χ3v) is 3.39. The normalized spacial score (nSPS) is 41.5. The summed E-state index contributed by atoms with van der Waals surface area (Å²) in [4.78, 5) is 2.65. The van der Waals surface area contributed by atoms with Crippen molar-refractivity contribution in [2.75, 3.05) is 7.11 Å². The van der Waals surface area contributed by atoms with E-state index < -0.39 is 0 Å². The molecule has 2 nitrogen and oxygen atoms in total. The maximum atomic E-state index is 5.39. The van der Waals surface area contributed by atoms with Crippen molar-refractivity contribution in [2.45, 2.75) is 57.3 Å². The van der Waals surface area contributed by atoms with Crippen molar-refractivity contribution in [3.05, 3.63) is 0 Å². The maximum absolute atomic E-state index is 5.39. The van der Waals surface area contributed by atoms with E-state index >= 15 is 0 Å². The minimum Gasteiger partial charge on any atom is -0.381 e. The molecule has 2 bridgehead atoms. The Balaban J connectivity index is 1.94. The smallest absolute Gasteiger partial charge is 0.0601 e. The van der Waals surface area contributed by atoms with E-state index in [-0.39, 0.29) is 0 Å². The number of nitrogens with zero attached hydrogens (tertiary/aromatic N) is 1. The molecule has 70 valence electrons. The lowest BCUT2D eigenvalue weighted by molar-refractivity contribution is -0.108. The van der Waals surface area contributed by atoms with Crippen LogP contribution in [0.15, 0.2) is 0 Å². The molecule has 3 rings (SSSR count). The van der Waals surface area contributed by atoms with Gasteiger partial charge in [0.15, 0.2) is 0 Å². The highest BCUT2D eigenvalue weighted by Crippen LogP contribution is 2.40. The quantitative estimate of drug-likeness (QED) is 0.623. The minimum absolute atomic E-state index is 0.545. The Morgan fingerprint density at radius 2 is 1.75 bits per heavy atom. The van der Waals surface area contributed by atoms with E-state index in [0.29, 0.717) is 6.10 Å². The van der Waals surface area contributed by atoms with Gasteiger partial charge in [0, 0.05) is 25.2 Å². The lowest BCUT2D eigenvalue weighted by Crippen LogP contribution is -2.64. The van der Waals surface area contributed by atoms with Crippen LogP contribution < -0.4 is 0 Å². The van der Waals surface area contributed by atoms with Crippen LogP contribution in [0, 0.1) is 0 Å². The molecule has 2 saturated heterocycles. The predicted octanol–water partition coefficient (Wildman–Crippen LogP) is 1.65. The van der Waals surface area contributed by atoms with Crippen LogP contribution in [0.2, 0.25) is 0 Å². The van der Waals surface area contributed by atoms with Crippen molar-refractivity contribution in [3.63, 3.8) is 0 Å². The summed E-state index contributed by atoms with van der Waals surface area (Å²) in [6.07, 6.45) is 4.47. The number of hydrogen-bond donors (Lipinski definition) is 0. The average Bonchev–Trinajstić information content (AvgIpc) is 2.03. The highest BCUT2D eigenvalue weighted by Gasteiger charge is 2.46. The van der Waals surface area contributed by atoms with Crippen molar-refractivity contribution in [3.8, 4) is 0 Å². The molecule has 0 spiro atoms. The van der Waals surface area contributed by atoms with E-state index in [9.17, 15) is 0 Å². The Labute approximate surface area is 74.9 Å². The third-order valence-electron chi connectivity index (χ3n) is 3.39. The molecule has 3 aliphatic rings. The first-order valence-electron chi connectivity index (χ1n) is 5.02. The van der Waals surface area contributed by atoms with Gasteiger partial charge < -0.3 is 4.74 Å². The van der Waals surface area contributed by atoms with E-state index in [4.69, 9.17) is 4.74 Å². The number of ether oxygens (including phenoxy) is 1. The van der Waals surface area contributed by atoms with E-state index in [2.05, 4.69) is 18.7 Å². The molecular formula is C10H19NO. The molecule has 1 saturated carbocycles. The molecule has 12 heavy (non-hydrogen) atoms. The van der Waals surface area contributed by atoms with Gasteiger partial charge in [0.2, 0.25) is 0 Å². The monoisotopic (exact) mass is 169 g/mol. The van der Waals surface area contributed by atoms with Crippen molar-refractivity contribution in [2.24, 2.45) is 0 Å². The second-order valence-corrected chi connectivity index (χ2v) is 4.41. The summed E-state index contributed by atoms with van der Waals surface area (Å²) >= 11 is 0. The van der Waals surface area contributed by atoms with Crippen LogP contribution in [-0.4, -0.2) is 36.2 Å². The number of methoxy groups -OCH3 is 1. The van der Waals surface area contributed by atoms with Gasteiger partial charge in [-0.3, -0.25) is 4.90 Å². The molecule has 2 heterocycles. The lowest BCUT2D eigenvalue weighted by Gasteiger charge is -2.57. The Morgan fingerprint density at radius 3 is 2.17 bits per heavy atom. The van der Waals surface area contributed by atoms with Gasteiger partial charge >= 0.3 is 0 Å². The molecule has 0 aromatic carbocycles. The van der Waals surface area contributed by atoms with E-state index in [0.717, 1.165) is 18.1 Å². The molecule has 3 fully saturated rings. The summed E-state index contributed by atoms with van der Waals surface area (Å²) in [7, 11) is 1.84. The largest absolute Gasteiger partial charge is 0.381 e. The number of rotatable bonds is 2. The molecule has 2 unspecified atom stereocenters. The van der Waals surface area contributed by atoms with Gasteiger partial charge in [-0.05, 0) is 33.1 Å². The van der Waals surface area contributed by atoms with Gasteiger partial charge in [0.1, 0.15) is 0 Å². The highest BCUT2D eigenvalue weighted by molar-refractivity contribution is 5.01. The molecule has 2 heteroatoms. The summed E-state index contributed by atoms with van der Waals surface area (Å²) in [5.41, 5.74) is 0. The van der Waals surface area contributed by atoms with Crippen LogP contribution in [0.25, 0.3) is 0 Å². The summed E-state index contributed by atoms with van der Waals surface area (Å²) in [6, 6.07) is 2.38. The third kappa shape index (κ3) is 1.17. The zero-order valence-corrected chi connectivity index (χ0v) is 8.29. The van der Waals surface area contributed by atoms with Gasteiger partial charge in [0.25, 0.3) is 0 Å². The fourth-order valence-electron chi connectivity index (χ4n) is 2.89. The Hall–Kier alpha value is -0.0800. The number of hydrogen-bond acceptors (Lipinski definition) is 2. The Kier molecular flexibility index (Phi) is 2.13. The minimum atomic E-state index is 0.545. The second-order valence-electron chi connectivity index (χ2n) is 4.41. The lowest BCUT2D eigenvalue weighted by atomic mass is 9.77. The number of piperidine rings is 1. The van der Waals surface area contributed by atoms with Gasteiger partial charge in [-0.1, -0.05) is 0 Å². The van der Waals surface area contributed by atoms with Gasteiger partial charge in [-0.15, -0.1) is 0 Å². The molecule has 0 amide bonds. The summed E-state index contributed by atoms with van der Waals surface area (Å²) in [6.45, 7) is 4.60. The van der Waals surface area contributed by atoms with E-state index in [1.165, 1.54) is 19.3 Å². The van der Waals surface area contributed by atoms with Crippen LogP contribution >= 0.6 is 0 Å². The fourth-order valence-corrected chi connectivity index (χ4v) is 2.89. The molecule has 0 aromatic rings. The van der Waals surface area contributed by atoms with Crippen LogP contribution in [-0.2, 0) is 4.74 Å². The Morgan fingerprint density at radius 1 is 1.17 bits per heavy atom. The van der Waals surface area contributed by atoms with Gasteiger partial charge in [-0.25, -0.2) is 0 Å². The second kappa shape index (κ2) is 3.00. The standard InChI is InChI=1S/C10H19NO/c1-7(2)11-8-4-9(11)6-10(5-8)12-3/h7-10H,4-6H2,1-3H3. The van der Waals surface area contributed by atoms with Crippen molar-refractivity contribution in [1.29, 1.82) is 0 Å². The summed E-state index contributed by atoms with van der Waals surface area (Å²) in [5, 5.41) is 0. The van der Waals surface area contributed by atoms with Gasteiger partial charge in [0.05, 0.1) is 6.10 Å². The van der Waals surface area contributed by atoms with Crippen molar-refractivity contribution >= 4 is 0 Å². The Bertz CT molecular complexity index is 157. The molecule has 1 aliphatic carbocycles. The fraction of sp³-hybridized carbons (Fsp3) is 1.00. The van der Waals surface area contributed by atoms with Gasteiger partial charge in [-0.2, -0.15) is 0 Å². The van der Waals surface area contributed by atoms with Crippen molar-refractivity contribution < 1.29 is 4.74 Å². The molecule has 2 atom stereocenters. The SMILES string of the molecule is COC1CC2CC(C1)N2C(C)C. The van der Waals surface area contributed by atoms with E-state index in [1.54, 1.807) is 0 Å².